The number of thiazole rings is 1. The average Bonchev–Trinajstić information content (AvgIpc) is 3.54. The van der Waals surface area contributed by atoms with Crippen molar-refractivity contribution < 1.29 is 19.1 Å². The summed E-state index contributed by atoms with van der Waals surface area (Å²) in [6, 6.07) is 31.0. The number of ether oxygens (including phenoxy) is 1. The molecule has 11 heteroatoms. The van der Waals surface area contributed by atoms with Crippen LogP contribution < -0.4 is 20.7 Å². The molecule has 0 aliphatic rings. The second-order valence-corrected chi connectivity index (χ2v) is 13.3. The Morgan fingerprint density at radius 1 is 0.936 bits per heavy atom. The van der Waals surface area contributed by atoms with E-state index in [2.05, 4.69) is 36.9 Å². The van der Waals surface area contributed by atoms with Gasteiger partial charge in [-0.25, -0.2) is 4.98 Å². The fourth-order valence-corrected chi connectivity index (χ4v) is 6.29. The van der Waals surface area contributed by atoms with Crippen LogP contribution in [0.5, 0.6) is 5.75 Å². The van der Waals surface area contributed by atoms with Gasteiger partial charge >= 0.3 is 0 Å². The maximum absolute atomic E-state index is 13.6. The molecule has 0 bridgehead atoms. The van der Waals surface area contributed by atoms with Crippen molar-refractivity contribution in [3.63, 3.8) is 0 Å². The summed E-state index contributed by atoms with van der Waals surface area (Å²) in [6.45, 7) is 4.13. The second-order valence-electron chi connectivity index (χ2n) is 10.1. The number of nitrogens with one attached hydrogen (secondary N) is 3. The van der Waals surface area contributed by atoms with Crippen molar-refractivity contribution in [2.24, 2.45) is 0 Å². The van der Waals surface area contributed by atoms with E-state index in [1.54, 1.807) is 54.6 Å². The van der Waals surface area contributed by atoms with E-state index in [0.717, 1.165) is 20.6 Å². The molecule has 0 fully saturated rings. The summed E-state index contributed by atoms with van der Waals surface area (Å²) >= 11 is 6.15. The number of thioether (sulfide) groups is 1. The van der Waals surface area contributed by atoms with E-state index in [9.17, 15) is 14.4 Å². The number of carbonyl (C=O) groups is 3. The summed E-state index contributed by atoms with van der Waals surface area (Å²) in [5, 5.41) is 10.5. The Balaban J connectivity index is 1.27. The van der Waals surface area contributed by atoms with Gasteiger partial charge in [0.25, 0.3) is 11.8 Å². The fourth-order valence-electron chi connectivity index (χ4n) is 4.38. The summed E-state index contributed by atoms with van der Waals surface area (Å²) in [5.74, 6) is -0.543. The van der Waals surface area contributed by atoms with E-state index >= 15 is 0 Å². The van der Waals surface area contributed by atoms with Crippen LogP contribution >= 0.6 is 39.0 Å². The Hall–Kier alpha value is -4.71. The molecule has 4 aromatic carbocycles. The first kappa shape index (κ1) is 33.6. The Morgan fingerprint density at radius 3 is 2.45 bits per heavy atom. The first-order valence-corrected chi connectivity index (χ1v) is 17.2. The quantitative estimate of drug-likeness (QED) is 0.0879. The third-order valence-corrected chi connectivity index (χ3v) is 9.08. The van der Waals surface area contributed by atoms with Gasteiger partial charge in [0.2, 0.25) is 5.91 Å². The largest absolute Gasteiger partial charge is 0.493 e. The van der Waals surface area contributed by atoms with E-state index < -0.39 is 17.1 Å². The minimum atomic E-state index is -0.515. The highest BCUT2D eigenvalue weighted by molar-refractivity contribution is 9.10. The van der Waals surface area contributed by atoms with Crippen LogP contribution in [0.1, 0.15) is 29.8 Å². The molecule has 47 heavy (non-hydrogen) atoms. The molecule has 5 rings (SSSR count). The zero-order valence-corrected chi connectivity index (χ0v) is 28.7. The molecule has 3 N–H and O–H groups in total. The van der Waals surface area contributed by atoms with Gasteiger partial charge in [0, 0.05) is 37.1 Å². The summed E-state index contributed by atoms with van der Waals surface area (Å²) in [6.07, 6.45) is 1.59. The molecular weight excluding hydrogens is 696 g/mol. The van der Waals surface area contributed by atoms with E-state index in [1.165, 1.54) is 23.1 Å². The zero-order valence-electron chi connectivity index (χ0n) is 25.5. The van der Waals surface area contributed by atoms with E-state index in [-0.39, 0.29) is 11.6 Å². The van der Waals surface area contributed by atoms with Gasteiger partial charge in [-0.05, 0) is 68.5 Å². The van der Waals surface area contributed by atoms with Crippen molar-refractivity contribution >= 4 is 73.6 Å². The predicted octanol–water partition coefficient (Wildman–Crippen LogP) is 8.50. The molecule has 1 heterocycles. The smallest absolute Gasteiger partial charge is 0.272 e. The lowest BCUT2D eigenvalue weighted by atomic mass is 10.1. The maximum atomic E-state index is 13.6. The maximum Gasteiger partial charge on any atom is 0.272 e. The molecule has 0 saturated heterocycles. The highest BCUT2D eigenvalue weighted by Gasteiger charge is 2.19. The van der Waals surface area contributed by atoms with Gasteiger partial charge in [0.15, 0.2) is 5.13 Å². The topological polar surface area (TPSA) is 109 Å². The van der Waals surface area contributed by atoms with Crippen molar-refractivity contribution in [2.75, 3.05) is 17.2 Å². The minimum absolute atomic E-state index is 0.0442. The third-order valence-electron chi connectivity index (χ3n) is 6.70. The number of aromatic nitrogens is 1. The first-order chi connectivity index (χ1) is 22.8. The van der Waals surface area contributed by atoms with Gasteiger partial charge in [-0.15, -0.1) is 23.1 Å². The number of nitrogens with zero attached hydrogens (tertiary/aromatic N) is 1. The summed E-state index contributed by atoms with van der Waals surface area (Å²) < 4.78 is 6.71. The van der Waals surface area contributed by atoms with Crippen LogP contribution in [0, 0.1) is 0 Å². The molecule has 3 amide bonds. The molecule has 1 unspecified atom stereocenters. The molecule has 5 aromatic rings. The van der Waals surface area contributed by atoms with Gasteiger partial charge in [0.05, 0.1) is 17.6 Å². The van der Waals surface area contributed by atoms with Gasteiger partial charge in [-0.1, -0.05) is 70.5 Å². The number of para-hydroxylation sites is 1. The van der Waals surface area contributed by atoms with Gasteiger partial charge in [-0.3, -0.25) is 14.4 Å². The molecule has 1 atom stereocenters. The lowest BCUT2D eigenvalue weighted by Crippen LogP contribution is -2.30. The summed E-state index contributed by atoms with van der Waals surface area (Å²) in [4.78, 5) is 45.0. The highest BCUT2D eigenvalue weighted by atomic mass is 79.9. The second kappa shape index (κ2) is 16.2. The molecule has 0 spiro atoms. The third kappa shape index (κ3) is 9.41. The van der Waals surface area contributed by atoms with E-state index in [0.29, 0.717) is 34.3 Å². The Labute approximate surface area is 289 Å². The van der Waals surface area contributed by atoms with E-state index in [1.807, 2.05) is 73.8 Å². The SMILES string of the molecule is CCOc1ccccc1/C=C(/NC(=O)c1ccccc1)C(=O)Nc1cccc(SC(C)C(=O)Nc2nc(-c3ccc(Br)cc3)cs2)c1. The lowest BCUT2D eigenvalue weighted by Gasteiger charge is -2.14. The van der Waals surface area contributed by atoms with Crippen LogP contribution in [-0.2, 0) is 9.59 Å². The molecule has 238 valence electrons. The van der Waals surface area contributed by atoms with Crippen molar-refractivity contribution in [3.8, 4) is 17.0 Å². The summed E-state index contributed by atoms with van der Waals surface area (Å²) in [5.41, 5.74) is 3.35. The van der Waals surface area contributed by atoms with Gasteiger partial charge in [0.1, 0.15) is 11.4 Å². The normalized spacial score (nSPS) is 11.8. The van der Waals surface area contributed by atoms with Crippen LogP contribution in [0.25, 0.3) is 17.3 Å². The van der Waals surface area contributed by atoms with Gasteiger partial charge < -0.3 is 20.7 Å². The number of carbonyl (C=O) groups excluding carboxylic acids is 3. The predicted molar refractivity (Wildman–Crippen MR) is 194 cm³/mol. The molecule has 0 aliphatic heterocycles. The Morgan fingerprint density at radius 2 is 1.68 bits per heavy atom. The fraction of sp³-hybridized carbons (Fsp3) is 0.111. The minimum Gasteiger partial charge on any atom is -0.493 e. The van der Waals surface area contributed by atoms with Crippen molar-refractivity contribution in [1.82, 2.24) is 10.3 Å². The first-order valence-electron chi connectivity index (χ1n) is 14.7. The van der Waals surface area contributed by atoms with Crippen LogP contribution in [0.3, 0.4) is 0 Å². The van der Waals surface area contributed by atoms with Gasteiger partial charge in [-0.2, -0.15) is 0 Å². The standard InChI is InChI=1S/C36H31BrN4O4S2/c1-3-45-32-15-8-7-12-26(32)20-30(39-34(43)25-10-5-4-6-11-25)35(44)38-28-13-9-14-29(21-28)47-23(2)33(42)41-36-40-31(22-46-36)24-16-18-27(37)19-17-24/h4-23H,3H2,1-2H3,(H,38,44)(H,39,43)(H,40,41,42)/b30-20+. The monoisotopic (exact) mass is 726 g/mol. The van der Waals surface area contributed by atoms with Crippen LogP contribution in [-0.4, -0.2) is 34.6 Å². The van der Waals surface area contributed by atoms with Crippen molar-refractivity contribution in [3.05, 3.63) is 130 Å². The molecule has 1 aromatic heterocycles. The molecule has 0 aliphatic carbocycles. The number of hydrogen-bond donors (Lipinski definition) is 3. The number of rotatable bonds is 12. The molecule has 0 saturated carbocycles. The van der Waals surface area contributed by atoms with Crippen molar-refractivity contribution in [1.29, 1.82) is 0 Å². The Kier molecular flexibility index (Phi) is 11.6. The Bertz CT molecular complexity index is 1890. The van der Waals surface area contributed by atoms with Crippen LogP contribution in [0.2, 0.25) is 0 Å². The summed E-state index contributed by atoms with van der Waals surface area (Å²) in [7, 11) is 0. The molecule has 8 nitrogen and oxygen atoms in total. The number of benzene rings is 4. The number of amides is 3. The molecule has 0 radical (unpaired) electrons. The van der Waals surface area contributed by atoms with Crippen molar-refractivity contribution in [2.45, 2.75) is 24.0 Å². The average molecular weight is 728 g/mol. The number of anilines is 2. The lowest BCUT2D eigenvalue weighted by molar-refractivity contribution is -0.115. The number of hydrogen-bond acceptors (Lipinski definition) is 7. The van der Waals surface area contributed by atoms with Crippen LogP contribution in [0.15, 0.2) is 124 Å². The highest BCUT2D eigenvalue weighted by Crippen LogP contribution is 2.29. The number of halogens is 1. The zero-order chi connectivity index (χ0) is 33.2. The van der Waals surface area contributed by atoms with Crippen LogP contribution in [0.4, 0.5) is 10.8 Å². The van der Waals surface area contributed by atoms with E-state index in [4.69, 9.17) is 4.74 Å². The molecular formula is C36H31BrN4O4S2.